The van der Waals surface area contributed by atoms with E-state index >= 15 is 0 Å². The molecular weight excluding hydrogens is 268 g/mol. The fourth-order valence-electron chi connectivity index (χ4n) is 2.48. The molecule has 0 unspecified atom stereocenters. The summed E-state index contributed by atoms with van der Waals surface area (Å²) in [6.07, 6.45) is 2.05. The average molecular weight is 284 g/mol. The number of aryl methyl sites for hydroxylation is 1. The van der Waals surface area contributed by atoms with E-state index in [1.165, 1.54) is 15.1 Å². The van der Waals surface area contributed by atoms with Gasteiger partial charge in [-0.05, 0) is 65.4 Å². The minimum absolute atomic E-state index is 0.282. The maximum Gasteiger partial charge on any atom is 0.116 e. The van der Waals surface area contributed by atoms with Gasteiger partial charge in [-0.1, -0.05) is 13.3 Å². The molecule has 2 nitrogen and oxygen atoms in total. The number of aromatic hydroxyl groups is 2. The van der Waals surface area contributed by atoms with Crippen LogP contribution in [0.5, 0.6) is 11.5 Å². The number of hydrogen-bond donors (Lipinski definition) is 2. The molecule has 102 valence electrons. The lowest BCUT2D eigenvalue weighted by Crippen LogP contribution is -1.84. The molecule has 0 saturated carbocycles. The van der Waals surface area contributed by atoms with Crippen LogP contribution in [-0.4, -0.2) is 10.2 Å². The number of benzene rings is 2. The van der Waals surface area contributed by atoms with Gasteiger partial charge < -0.3 is 10.2 Å². The van der Waals surface area contributed by atoms with Crippen molar-refractivity contribution in [2.45, 2.75) is 19.8 Å². The predicted molar refractivity (Wildman–Crippen MR) is 84.6 cm³/mol. The number of phenols is 2. The van der Waals surface area contributed by atoms with E-state index in [4.69, 9.17) is 0 Å². The van der Waals surface area contributed by atoms with Crippen LogP contribution in [0.15, 0.2) is 42.5 Å². The molecule has 3 rings (SSSR count). The molecule has 0 aliphatic carbocycles. The Labute approximate surface area is 121 Å². The van der Waals surface area contributed by atoms with Crippen LogP contribution in [-0.2, 0) is 6.42 Å². The Morgan fingerprint density at radius 1 is 0.950 bits per heavy atom. The van der Waals surface area contributed by atoms with Crippen molar-refractivity contribution in [3.8, 4) is 21.9 Å². The molecule has 0 spiro atoms. The molecule has 0 atom stereocenters. The number of phenolic OH excluding ortho intramolecular Hbond substituents is 2. The summed E-state index contributed by atoms with van der Waals surface area (Å²) >= 11 is 1.74. The van der Waals surface area contributed by atoms with Gasteiger partial charge >= 0.3 is 0 Å². The minimum atomic E-state index is 0.282. The standard InChI is InChI=1S/C17H16O2S/c1-2-3-14-15-10-13(19)8-9-16(15)20-17(14)11-4-6-12(18)7-5-11/h4-10,18-19H,2-3H2,1H3. The van der Waals surface area contributed by atoms with E-state index in [9.17, 15) is 10.2 Å². The van der Waals surface area contributed by atoms with Crippen molar-refractivity contribution in [2.75, 3.05) is 0 Å². The second-order valence-corrected chi connectivity index (χ2v) is 5.94. The topological polar surface area (TPSA) is 40.5 Å². The lowest BCUT2D eigenvalue weighted by Gasteiger charge is -2.04. The molecule has 0 aliphatic heterocycles. The summed E-state index contributed by atoms with van der Waals surface area (Å²) in [5.74, 6) is 0.592. The van der Waals surface area contributed by atoms with E-state index in [2.05, 4.69) is 6.92 Å². The Morgan fingerprint density at radius 2 is 1.65 bits per heavy atom. The van der Waals surface area contributed by atoms with Gasteiger partial charge in [0.25, 0.3) is 0 Å². The Kier molecular flexibility index (Phi) is 3.36. The van der Waals surface area contributed by atoms with Crippen molar-refractivity contribution in [2.24, 2.45) is 0 Å². The molecule has 1 aromatic heterocycles. The summed E-state index contributed by atoms with van der Waals surface area (Å²) in [7, 11) is 0. The Hall–Kier alpha value is -2.00. The van der Waals surface area contributed by atoms with Gasteiger partial charge in [-0.25, -0.2) is 0 Å². The summed E-state index contributed by atoms with van der Waals surface area (Å²) in [5.41, 5.74) is 2.40. The van der Waals surface area contributed by atoms with Crippen molar-refractivity contribution in [3.05, 3.63) is 48.0 Å². The quantitative estimate of drug-likeness (QED) is 0.715. The second kappa shape index (κ2) is 5.17. The highest BCUT2D eigenvalue weighted by molar-refractivity contribution is 7.22. The molecule has 0 radical (unpaired) electrons. The molecule has 0 fully saturated rings. The van der Waals surface area contributed by atoms with Gasteiger partial charge in [0.05, 0.1) is 0 Å². The predicted octanol–water partition coefficient (Wildman–Crippen LogP) is 4.93. The average Bonchev–Trinajstić information content (AvgIpc) is 2.79. The third-order valence-corrected chi connectivity index (χ3v) is 4.67. The van der Waals surface area contributed by atoms with Gasteiger partial charge in [-0.15, -0.1) is 11.3 Å². The maximum atomic E-state index is 9.71. The number of thiophene rings is 1. The minimum Gasteiger partial charge on any atom is -0.508 e. The smallest absolute Gasteiger partial charge is 0.116 e. The van der Waals surface area contributed by atoms with Gasteiger partial charge in [-0.2, -0.15) is 0 Å². The first kappa shape index (κ1) is 13.0. The lowest BCUT2D eigenvalue weighted by molar-refractivity contribution is 0.475. The van der Waals surface area contributed by atoms with E-state index in [1.807, 2.05) is 24.3 Å². The van der Waals surface area contributed by atoms with E-state index in [0.717, 1.165) is 23.8 Å². The molecular formula is C17H16O2S. The van der Waals surface area contributed by atoms with Crippen molar-refractivity contribution >= 4 is 21.4 Å². The molecule has 0 bridgehead atoms. The third kappa shape index (κ3) is 2.25. The third-order valence-electron chi connectivity index (χ3n) is 3.40. The van der Waals surface area contributed by atoms with E-state index in [-0.39, 0.29) is 5.75 Å². The number of fused-ring (bicyclic) bond motifs is 1. The maximum absolute atomic E-state index is 9.71. The molecule has 0 aliphatic rings. The fraction of sp³-hybridized carbons (Fsp3) is 0.176. The number of rotatable bonds is 3. The van der Waals surface area contributed by atoms with Gasteiger partial charge in [0.15, 0.2) is 0 Å². The van der Waals surface area contributed by atoms with Gasteiger partial charge in [0, 0.05) is 9.58 Å². The SMILES string of the molecule is CCCc1c(-c2ccc(O)cc2)sc2ccc(O)cc12. The zero-order valence-corrected chi connectivity index (χ0v) is 12.1. The van der Waals surface area contributed by atoms with E-state index in [1.54, 1.807) is 29.5 Å². The van der Waals surface area contributed by atoms with Crippen molar-refractivity contribution < 1.29 is 10.2 Å². The first-order chi connectivity index (χ1) is 9.69. The normalized spacial score (nSPS) is 11.1. The molecule has 0 amide bonds. The van der Waals surface area contributed by atoms with E-state index in [0.29, 0.717) is 5.75 Å². The summed E-state index contributed by atoms with van der Waals surface area (Å²) in [6.45, 7) is 2.16. The Balaban J connectivity index is 2.23. The van der Waals surface area contributed by atoms with Crippen molar-refractivity contribution in [1.82, 2.24) is 0 Å². The first-order valence-corrected chi connectivity index (χ1v) is 7.54. The second-order valence-electron chi connectivity index (χ2n) is 4.89. The molecule has 2 aromatic carbocycles. The summed E-state index contributed by atoms with van der Waals surface area (Å²) in [5, 5.41) is 20.3. The van der Waals surface area contributed by atoms with Gasteiger partial charge in [0.1, 0.15) is 11.5 Å². The molecule has 3 heteroatoms. The van der Waals surface area contributed by atoms with Crippen molar-refractivity contribution in [3.63, 3.8) is 0 Å². The van der Waals surface area contributed by atoms with Crippen LogP contribution in [0.2, 0.25) is 0 Å². The van der Waals surface area contributed by atoms with Crippen LogP contribution in [0.3, 0.4) is 0 Å². The summed E-state index contributed by atoms with van der Waals surface area (Å²) in [4.78, 5) is 1.23. The van der Waals surface area contributed by atoms with E-state index < -0.39 is 0 Å². The molecule has 2 N–H and O–H groups in total. The van der Waals surface area contributed by atoms with Crippen LogP contribution in [0.4, 0.5) is 0 Å². The summed E-state index contributed by atoms with van der Waals surface area (Å²) in [6, 6.07) is 12.9. The van der Waals surface area contributed by atoms with Crippen LogP contribution >= 0.6 is 11.3 Å². The first-order valence-electron chi connectivity index (χ1n) is 6.73. The molecule has 0 saturated heterocycles. The highest BCUT2D eigenvalue weighted by atomic mass is 32.1. The largest absolute Gasteiger partial charge is 0.508 e. The highest BCUT2D eigenvalue weighted by Crippen LogP contribution is 2.40. The molecule has 20 heavy (non-hydrogen) atoms. The van der Waals surface area contributed by atoms with Crippen LogP contribution < -0.4 is 0 Å². The van der Waals surface area contributed by atoms with Crippen LogP contribution in [0, 0.1) is 0 Å². The zero-order valence-electron chi connectivity index (χ0n) is 11.3. The fourth-order valence-corrected chi connectivity index (χ4v) is 3.72. The summed E-state index contributed by atoms with van der Waals surface area (Å²) < 4.78 is 1.19. The lowest BCUT2D eigenvalue weighted by atomic mass is 10.0. The Morgan fingerprint density at radius 3 is 2.35 bits per heavy atom. The Bertz CT molecular complexity index is 742. The molecule has 1 heterocycles. The van der Waals surface area contributed by atoms with Gasteiger partial charge in [-0.3, -0.25) is 0 Å². The van der Waals surface area contributed by atoms with Gasteiger partial charge in [0.2, 0.25) is 0 Å². The highest BCUT2D eigenvalue weighted by Gasteiger charge is 2.13. The van der Waals surface area contributed by atoms with Crippen LogP contribution in [0.25, 0.3) is 20.5 Å². The van der Waals surface area contributed by atoms with Crippen LogP contribution in [0.1, 0.15) is 18.9 Å². The van der Waals surface area contributed by atoms with Crippen molar-refractivity contribution in [1.29, 1.82) is 0 Å². The monoisotopic (exact) mass is 284 g/mol. The molecule has 3 aromatic rings. The number of hydrogen-bond acceptors (Lipinski definition) is 3. The zero-order chi connectivity index (χ0) is 14.1.